The molecule has 1 atom stereocenters. The number of rotatable bonds is 9. The lowest BCUT2D eigenvalue weighted by Crippen LogP contribution is -2.54. The highest BCUT2D eigenvalue weighted by Gasteiger charge is 2.36. The molecule has 0 bridgehead atoms. The SMILES string of the molecule is CNc1ccc2c(c1)c(C(C)(C)CC(=O)NC(C(=O)N(C)C/C=C(\C)C(=O)O)C(C)(C)C)cn2C. The molecule has 1 heterocycles. The van der Waals surface area contributed by atoms with Crippen LogP contribution in [0.4, 0.5) is 5.69 Å². The van der Waals surface area contributed by atoms with Gasteiger partial charge in [-0.05, 0) is 36.1 Å². The predicted molar refractivity (Wildman–Crippen MR) is 141 cm³/mol. The summed E-state index contributed by atoms with van der Waals surface area (Å²) in [6, 6.07) is 5.42. The van der Waals surface area contributed by atoms with Crippen LogP contribution in [-0.2, 0) is 26.8 Å². The highest BCUT2D eigenvalue weighted by molar-refractivity contribution is 5.91. The predicted octanol–water partition coefficient (Wildman–Crippen LogP) is 3.91. The normalized spacial score (nSPS) is 13.5. The fraction of sp³-hybridized carbons (Fsp3) is 0.519. The van der Waals surface area contributed by atoms with Crippen LogP contribution in [0.1, 0.15) is 53.5 Å². The number of hydrogen-bond donors (Lipinski definition) is 3. The zero-order valence-corrected chi connectivity index (χ0v) is 22.4. The first-order valence-corrected chi connectivity index (χ1v) is 11.8. The highest BCUT2D eigenvalue weighted by atomic mass is 16.4. The van der Waals surface area contributed by atoms with Crippen molar-refractivity contribution in [3.8, 4) is 0 Å². The first kappa shape index (κ1) is 28.0. The molecule has 35 heavy (non-hydrogen) atoms. The number of carbonyl (C=O) groups is 3. The Hall–Kier alpha value is -3.29. The van der Waals surface area contributed by atoms with Crippen molar-refractivity contribution in [3.05, 3.63) is 41.6 Å². The van der Waals surface area contributed by atoms with Gasteiger partial charge in [0.2, 0.25) is 11.8 Å². The average molecular weight is 485 g/mol. The van der Waals surface area contributed by atoms with Gasteiger partial charge in [-0.1, -0.05) is 40.7 Å². The number of nitrogens with one attached hydrogen (secondary N) is 2. The van der Waals surface area contributed by atoms with E-state index in [2.05, 4.69) is 33.5 Å². The summed E-state index contributed by atoms with van der Waals surface area (Å²) in [5.74, 6) is -1.50. The van der Waals surface area contributed by atoms with Gasteiger partial charge in [-0.15, -0.1) is 0 Å². The molecule has 2 amide bonds. The monoisotopic (exact) mass is 484 g/mol. The minimum atomic E-state index is -1.02. The molecule has 0 saturated heterocycles. The molecule has 0 aliphatic rings. The minimum Gasteiger partial charge on any atom is -0.478 e. The Morgan fingerprint density at radius 3 is 2.34 bits per heavy atom. The molecular formula is C27H40N4O4. The van der Waals surface area contributed by atoms with Crippen molar-refractivity contribution in [2.24, 2.45) is 12.5 Å². The van der Waals surface area contributed by atoms with Crippen LogP contribution in [0.15, 0.2) is 36.0 Å². The number of carbonyl (C=O) groups excluding carboxylic acids is 2. The number of aryl methyl sites for hydroxylation is 1. The number of likely N-dealkylation sites (N-methyl/N-ethyl adjacent to an activating group) is 1. The van der Waals surface area contributed by atoms with Crippen LogP contribution in [0.2, 0.25) is 0 Å². The zero-order chi connectivity index (χ0) is 26.7. The lowest BCUT2D eigenvalue weighted by molar-refractivity contribution is -0.138. The van der Waals surface area contributed by atoms with E-state index in [0.29, 0.717) is 0 Å². The van der Waals surface area contributed by atoms with Crippen molar-refractivity contribution in [3.63, 3.8) is 0 Å². The van der Waals surface area contributed by atoms with E-state index in [-0.39, 0.29) is 30.4 Å². The molecule has 1 unspecified atom stereocenters. The summed E-state index contributed by atoms with van der Waals surface area (Å²) in [5.41, 5.74) is 2.30. The van der Waals surface area contributed by atoms with Crippen LogP contribution in [0.3, 0.4) is 0 Å². The zero-order valence-electron chi connectivity index (χ0n) is 22.4. The maximum Gasteiger partial charge on any atom is 0.331 e. The lowest BCUT2D eigenvalue weighted by atomic mass is 9.80. The molecular weight excluding hydrogens is 444 g/mol. The first-order valence-electron chi connectivity index (χ1n) is 11.8. The quantitative estimate of drug-likeness (QED) is 0.468. The number of amides is 2. The average Bonchev–Trinajstić information content (AvgIpc) is 3.10. The summed E-state index contributed by atoms with van der Waals surface area (Å²) in [6.07, 6.45) is 3.76. The van der Waals surface area contributed by atoms with Gasteiger partial charge in [0.05, 0.1) is 0 Å². The third-order valence-corrected chi connectivity index (χ3v) is 6.41. The number of aliphatic carboxylic acids is 1. The van der Waals surface area contributed by atoms with Gasteiger partial charge < -0.3 is 25.2 Å². The van der Waals surface area contributed by atoms with Crippen LogP contribution in [0.5, 0.6) is 0 Å². The van der Waals surface area contributed by atoms with Gasteiger partial charge in [-0.2, -0.15) is 0 Å². The number of carboxylic acid groups (broad SMARTS) is 1. The summed E-state index contributed by atoms with van der Waals surface area (Å²) >= 11 is 0. The van der Waals surface area contributed by atoms with E-state index < -0.39 is 22.8 Å². The smallest absolute Gasteiger partial charge is 0.331 e. The maximum atomic E-state index is 13.2. The Kier molecular flexibility index (Phi) is 8.42. The third-order valence-electron chi connectivity index (χ3n) is 6.41. The molecule has 3 N–H and O–H groups in total. The Morgan fingerprint density at radius 2 is 1.80 bits per heavy atom. The fourth-order valence-corrected chi connectivity index (χ4v) is 4.12. The number of hydrogen-bond acceptors (Lipinski definition) is 4. The van der Waals surface area contributed by atoms with Gasteiger partial charge >= 0.3 is 5.97 Å². The molecule has 0 saturated carbocycles. The Balaban J connectivity index is 2.25. The van der Waals surface area contributed by atoms with Crippen LogP contribution in [0, 0.1) is 5.41 Å². The molecule has 0 aliphatic carbocycles. The molecule has 0 spiro atoms. The van der Waals surface area contributed by atoms with Crippen molar-refractivity contribution < 1.29 is 19.5 Å². The molecule has 2 aromatic rings. The lowest BCUT2D eigenvalue weighted by Gasteiger charge is -2.34. The fourth-order valence-electron chi connectivity index (χ4n) is 4.12. The van der Waals surface area contributed by atoms with E-state index in [1.807, 2.05) is 54.8 Å². The van der Waals surface area contributed by atoms with E-state index in [4.69, 9.17) is 5.11 Å². The van der Waals surface area contributed by atoms with Crippen molar-refractivity contribution in [2.45, 2.75) is 59.4 Å². The van der Waals surface area contributed by atoms with E-state index in [1.54, 1.807) is 7.05 Å². The number of carboxylic acids is 1. The molecule has 8 nitrogen and oxygen atoms in total. The van der Waals surface area contributed by atoms with Crippen LogP contribution >= 0.6 is 0 Å². The molecule has 192 valence electrons. The molecule has 1 aromatic carbocycles. The molecule has 0 fully saturated rings. The third kappa shape index (κ3) is 6.65. The minimum absolute atomic E-state index is 0.148. The summed E-state index contributed by atoms with van der Waals surface area (Å²) < 4.78 is 2.06. The van der Waals surface area contributed by atoms with E-state index >= 15 is 0 Å². The van der Waals surface area contributed by atoms with Crippen LogP contribution in [-0.4, -0.2) is 59.0 Å². The Bertz CT molecular complexity index is 1140. The van der Waals surface area contributed by atoms with Crippen molar-refractivity contribution >= 4 is 34.4 Å². The van der Waals surface area contributed by atoms with Gasteiger partial charge in [-0.25, -0.2) is 4.79 Å². The number of aromatic nitrogens is 1. The van der Waals surface area contributed by atoms with Gasteiger partial charge in [0.1, 0.15) is 6.04 Å². The largest absolute Gasteiger partial charge is 0.478 e. The van der Waals surface area contributed by atoms with E-state index in [1.165, 1.54) is 17.9 Å². The second-order valence-electron chi connectivity index (χ2n) is 11.0. The van der Waals surface area contributed by atoms with E-state index in [9.17, 15) is 14.4 Å². The number of fused-ring (bicyclic) bond motifs is 1. The van der Waals surface area contributed by atoms with E-state index in [0.717, 1.165) is 22.2 Å². The van der Waals surface area contributed by atoms with Crippen LogP contribution in [0.25, 0.3) is 10.9 Å². The number of nitrogens with zero attached hydrogens (tertiary/aromatic N) is 2. The van der Waals surface area contributed by atoms with Crippen molar-refractivity contribution in [1.29, 1.82) is 0 Å². The molecule has 0 aliphatic heterocycles. The topological polar surface area (TPSA) is 104 Å². The van der Waals surface area contributed by atoms with Crippen molar-refractivity contribution in [1.82, 2.24) is 14.8 Å². The Labute approximate surface area is 208 Å². The summed E-state index contributed by atoms with van der Waals surface area (Å²) in [6.45, 7) is 11.4. The Morgan fingerprint density at radius 1 is 1.17 bits per heavy atom. The van der Waals surface area contributed by atoms with Crippen LogP contribution < -0.4 is 10.6 Å². The maximum absolute atomic E-state index is 13.2. The van der Waals surface area contributed by atoms with Gasteiger partial charge in [-0.3, -0.25) is 9.59 Å². The standard InChI is InChI=1S/C27H40N4O4/c1-17(25(34)35)12-13-30(8)24(33)23(26(2,3)4)29-22(32)15-27(5,6)20-16-31(9)21-11-10-18(28-7)14-19(20)21/h10-12,14,16,23,28H,13,15H2,1-9H3,(H,29,32)(H,34,35)/b17-12+. The van der Waals surface area contributed by atoms with Crippen molar-refractivity contribution in [2.75, 3.05) is 26.0 Å². The highest BCUT2D eigenvalue weighted by Crippen LogP contribution is 2.35. The molecule has 8 heteroatoms. The van der Waals surface area contributed by atoms with Gasteiger partial charge in [0.25, 0.3) is 0 Å². The molecule has 2 rings (SSSR count). The number of anilines is 1. The second kappa shape index (κ2) is 10.5. The van der Waals surface area contributed by atoms with Gasteiger partial charge in [0.15, 0.2) is 0 Å². The summed E-state index contributed by atoms with van der Waals surface area (Å²) in [7, 11) is 5.48. The molecule has 0 radical (unpaired) electrons. The first-order chi connectivity index (χ1) is 16.1. The summed E-state index contributed by atoms with van der Waals surface area (Å²) in [4.78, 5) is 39.0. The summed E-state index contributed by atoms with van der Waals surface area (Å²) in [5, 5.41) is 16.3. The number of benzene rings is 1. The van der Waals surface area contributed by atoms with Gasteiger partial charge in [0, 0.05) is 67.9 Å². The molecule has 1 aromatic heterocycles. The second-order valence-corrected chi connectivity index (χ2v) is 11.0.